The zero-order chi connectivity index (χ0) is 17.3. The second kappa shape index (κ2) is 6.43. The fraction of sp³-hybridized carbons (Fsp3) is 0.421. The summed E-state index contributed by atoms with van der Waals surface area (Å²) in [5.74, 6) is 0.492. The Kier molecular flexibility index (Phi) is 4.11. The number of piperidine rings is 1. The lowest BCUT2D eigenvalue weighted by molar-refractivity contribution is -0.124. The fourth-order valence-corrected chi connectivity index (χ4v) is 3.60. The molecule has 1 saturated heterocycles. The molecule has 1 atom stereocenters. The van der Waals surface area contributed by atoms with Gasteiger partial charge in [-0.1, -0.05) is 12.1 Å². The molecule has 1 N–H and O–H groups in total. The van der Waals surface area contributed by atoms with Crippen molar-refractivity contribution in [3.8, 4) is 0 Å². The number of hydrogen-bond donors (Lipinski definition) is 1. The molecular weight excluding hydrogens is 319 g/mol. The van der Waals surface area contributed by atoms with Crippen LogP contribution in [-0.2, 0) is 10.2 Å². The molecule has 1 aromatic heterocycles. The number of hydrogen-bond acceptors (Lipinski definition) is 4. The second-order valence-electron chi connectivity index (χ2n) is 6.90. The molecule has 0 bridgehead atoms. The molecule has 0 unspecified atom stereocenters. The normalized spacial score (nSPS) is 21.6. The number of nitrogens with one attached hydrogen (secondary N) is 1. The van der Waals surface area contributed by atoms with Gasteiger partial charge in [0.1, 0.15) is 5.82 Å². The number of benzene rings is 1. The Morgan fingerprint density at radius 1 is 1.20 bits per heavy atom. The van der Waals surface area contributed by atoms with Crippen LogP contribution in [0.15, 0.2) is 42.7 Å². The van der Waals surface area contributed by atoms with Crippen molar-refractivity contribution in [2.45, 2.75) is 37.1 Å². The Balaban J connectivity index is 1.43. The molecule has 1 aliphatic carbocycles. The van der Waals surface area contributed by atoms with E-state index in [4.69, 9.17) is 0 Å². The number of carbonyl (C=O) groups excluding carboxylic acids is 1. The van der Waals surface area contributed by atoms with Crippen molar-refractivity contribution in [2.75, 3.05) is 18.0 Å². The lowest BCUT2D eigenvalue weighted by Gasteiger charge is -2.34. The van der Waals surface area contributed by atoms with Gasteiger partial charge >= 0.3 is 0 Å². The maximum absolute atomic E-state index is 13.2. The number of nitrogens with zero attached hydrogens (tertiary/aromatic N) is 3. The van der Waals surface area contributed by atoms with Gasteiger partial charge in [0, 0.05) is 31.5 Å². The first-order valence-electron chi connectivity index (χ1n) is 8.76. The van der Waals surface area contributed by atoms with Gasteiger partial charge in [-0.2, -0.15) is 0 Å². The second-order valence-corrected chi connectivity index (χ2v) is 6.90. The summed E-state index contributed by atoms with van der Waals surface area (Å²) in [5.41, 5.74) is 0.435. The van der Waals surface area contributed by atoms with Crippen LogP contribution in [0.3, 0.4) is 0 Å². The molecule has 0 spiro atoms. The van der Waals surface area contributed by atoms with Gasteiger partial charge in [0.05, 0.1) is 5.41 Å². The van der Waals surface area contributed by atoms with Gasteiger partial charge in [0.25, 0.3) is 0 Å². The van der Waals surface area contributed by atoms with Gasteiger partial charge in [0.2, 0.25) is 11.9 Å². The quantitative estimate of drug-likeness (QED) is 0.929. The highest BCUT2D eigenvalue weighted by atomic mass is 19.1. The number of halogens is 1. The van der Waals surface area contributed by atoms with Crippen molar-refractivity contribution in [3.63, 3.8) is 0 Å². The number of aromatic nitrogens is 2. The van der Waals surface area contributed by atoms with E-state index < -0.39 is 5.41 Å². The third kappa shape index (κ3) is 3.21. The van der Waals surface area contributed by atoms with E-state index in [1.54, 1.807) is 30.6 Å². The Morgan fingerprint density at radius 2 is 1.92 bits per heavy atom. The molecule has 1 aromatic carbocycles. The van der Waals surface area contributed by atoms with Crippen molar-refractivity contribution >= 4 is 11.9 Å². The zero-order valence-corrected chi connectivity index (χ0v) is 14.0. The van der Waals surface area contributed by atoms with Gasteiger partial charge in [0.15, 0.2) is 0 Å². The smallest absolute Gasteiger partial charge is 0.230 e. The van der Waals surface area contributed by atoms with Crippen molar-refractivity contribution in [1.29, 1.82) is 0 Å². The number of amides is 1. The van der Waals surface area contributed by atoms with Gasteiger partial charge in [-0.3, -0.25) is 4.79 Å². The molecule has 5 nitrogen and oxygen atoms in total. The SMILES string of the molecule is O=C(N[C@@H]1CCCN(c2ncccn2)C1)C1(c2ccc(F)cc2)CC1. The first-order chi connectivity index (χ1) is 12.2. The summed E-state index contributed by atoms with van der Waals surface area (Å²) >= 11 is 0. The molecule has 6 heteroatoms. The lowest BCUT2D eigenvalue weighted by Crippen LogP contribution is -2.50. The molecule has 130 valence electrons. The summed E-state index contributed by atoms with van der Waals surface area (Å²) in [6, 6.07) is 8.20. The largest absolute Gasteiger partial charge is 0.351 e. The van der Waals surface area contributed by atoms with Gasteiger partial charge < -0.3 is 10.2 Å². The Hall–Kier alpha value is -2.50. The van der Waals surface area contributed by atoms with E-state index >= 15 is 0 Å². The minimum atomic E-state index is -0.473. The van der Waals surface area contributed by atoms with Crippen LogP contribution in [0.5, 0.6) is 0 Å². The number of rotatable bonds is 4. The summed E-state index contributed by atoms with van der Waals surface area (Å²) in [5, 5.41) is 3.20. The van der Waals surface area contributed by atoms with Crippen LogP contribution in [0.25, 0.3) is 0 Å². The van der Waals surface area contributed by atoms with Crippen LogP contribution in [-0.4, -0.2) is 35.0 Å². The average molecular weight is 340 g/mol. The monoisotopic (exact) mass is 340 g/mol. The minimum absolute atomic E-state index is 0.0555. The Morgan fingerprint density at radius 3 is 2.60 bits per heavy atom. The van der Waals surface area contributed by atoms with Crippen LogP contribution < -0.4 is 10.2 Å². The number of carbonyl (C=O) groups is 1. The first-order valence-corrected chi connectivity index (χ1v) is 8.76. The van der Waals surface area contributed by atoms with E-state index in [2.05, 4.69) is 20.2 Å². The van der Waals surface area contributed by atoms with E-state index in [1.165, 1.54) is 12.1 Å². The van der Waals surface area contributed by atoms with E-state index in [1.807, 2.05) is 0 Å². The van der Waals surface area contributed by atoms with E-state index in [0.29, 0.717) is 5.95 Å². The van der Waals surface area contributed by atoms with Crippen LogP contribution in [0.4, 0.5) is 10.3 Å². The highest BCUT2D eigenvalue weighted by molar-refractivity contribution is 5.91. The summed E-state index contributed by atoms with van der Waals surface area (Å²) in [6.07, 6.45) is 7.06. The Bertz CT molecular complexity index is 746. The van der Waals surface area contributed by atoms with Crippen molar-refractivity contribution < 1.29 is 9.18 Å². The van der Waals surface area contributed by atoms with Crippen molar-refractivity contribution in [1.82, 2.24) is 15.3 Å². The van der Waals surface area contributed by atoms with Crippen molar-refractivity contribution in [3.05, 3.63) is 54.1 Å². The summed E-state index contributed by atoms with van der Waals surface area (Å²) in [7, 11) is 0. The highest BCUT2D eigenvalue weighted by Crippen LogP contribution is 2.48. The van der Waals surface area contributed by atoms with E-state index in [9.17, 15) is 9.18 Å². The van der Waals surface area contributed by atoms with Crippen LogP contribution >= 0.6 is 0 Å². The van der Waals surface area contributed by atoms with E-state index in [0.717, 1.165) is 44.3 Å². The predicted molar refractivity (Wildman–Crippen MR) is 92.7 cm³/mol. The van der Waals surface area contributed by atoms with Crippen LogP contribution in [0.2, 0.25) is 0 Å². The fourth-order valence-electron chi connectivity index (χ4n) is 3.60. The molecule has 1 amide bonds. The zero-order valence-electron chi connectivity index (χ0n) is 14.0. The maximum atomic E-state index is 13.2. The summed E-state index contributed by atoms with van der Waals surface area (Å²) < 4.78 is 13.2. The standard InChI is InChI=1S/C19H21FN4O/c20-15-6-4-14(5-7-15)19(8-9-19)17(25)23-16-3-1-12-24(13-16)18-21-10-2-11-22-18/h2,4-7,10-11,16H,1,3,8-9,12-13H2,(H,23,25)/t16-/m1/s1. The highest BCUT2D eigenvalue weighted by Gasteiger charge is 2.51. The predicted octanol–water partition coefficient (Wildman–Crippen LogP) is 2.43. The molecule has 25 heavy (non-hydrogen) atoms. The van der Waals surface area contributed by atoms with Gasteiger partial charge in [-0.15, -0.1) is 0 Å². The third-order valence-electron chi connectivity index (χ3n) is 5.17. The molecule has 1 aliphatic heterocycles. The van der Waals surface area contributed by atoms with Crippen LogP contribution in [0.1, 0.15) is 31.2 Å². The van der Waals surface area contributed by atoms with E-state index in [-0.39, 0.29) is 17.8 Å². The lowest BCUT2D eigenvalue weighted by atomic mass is 9.94. The molecule has 2 fully saturated rings. The topological polar surface area (TPSA) is 58.1 Å². The molecule has 2 heterocycles. The Labute approximate surface area is 146 Å². The van der Waals surface area contributed by atoms with Gasteiger partial charge in [-0.05, 0) is 49.4 Å². The third-order valence-corrected chi connectivity index (χ3v) is 5.17. The number of anilines is 1. The van der Waals surface area contributed by atoms with Crippen molar-refractivity contribution in [2.24, 2.45) is 0 Å². The molecule has 1 saturated carbocycles. The summed E-state index contributed by atoms with van der Waals surface area (Å²) in [6.45, 7) is 1.62. The molecule has 4 rings (SSSR count). The molecule has 0 radical (unpaired) electrons. The summed E-state index contributed by atoms with van der Waals surface area (Å²) in [4.78, 5) is 23.6. The molecular formula is C19H21FN4O. The van der Waals surface area contributed by atoms with Gasteiger partial charge in [-0.25, -0.2) is 14.4 Å². The van der Waals surface area contributed by atoms with Crippen LogP contribution in [0, 0.1) is 5.82 Å². The first kappa shape index (κ1) is 16.0. The molecule has 2 aliphatic rings. The average Bonchev–Trinajstić information content (AvgIpc) is 3.45. The molecule has 2 aromatic rings. The maximum Gasteiger partial charge on any atom is 0.230 e. The minimum Gasteiger partial charge on any atom is -0.351 e.